The van der Waals surface area contributed by atoms with Gasteiger partial charge in [0.1, 0.15) is 5.82 Å². The predicted octanol–water partition coefficient (Wildman–Crippen LogP) is 2.15. The number of esters is 1. The van der Waals surface area contributed by atoms with Crippen molar-refractivity contribution in [1.29, 1.82) is 0 Å². The largest absolute Gasteiger partial charge is 0.469 e. The van der Waals surface area contributed by atoms with Gasteiger partial charge in [-0.15, -0.1) is 0 Å². The first kappa shape index (κ1) is 12.1. The number of hydrogen-bond acceptors (Lipinski definition) is 3. The summed E-state index contributed by atoms with van der Waals surface area (Å²) < 4.78 is 18.1. The van der Waals surface area contributed by atoms with Crippen LogP contribution in [-0.4, -0.2) is 13.1 Å². The van der Waals surface area contributed by atoms with E-state index in [2.05, 4.69) is 20.7 Å². The third kappa shape index (κ3) is 3.28. The molecule has 82 valence electrons. The lowest BCUT2D eigenvalue weighted by atomic mass is 10.0. The topological polar surface area (TPSA) is 52.3 Å². The van der Waals surface area contributed by atoms with E-state index in [1.165, 1.54) is 19.2 Å². The smallest absolute Gasteiger partial charge is 0.307 e. The molecule has 0 fully saturated rings. The third-order valence-electron chi connectivity index (χ3n) is 1.97. The first-order valence-electron chi connectivity index (χ1n) is 4.32. The van der Waals surface area contributed by atoms with Gasteiger partial charge in [0, 0.05) is 10.5 Å². The number of hydrogen-bond donors (Lipinski definition) is 1. The Labute approximate surface area is 95.5 Å². The van der Waals surface area contributed by atoms with Crippen LogP contribution in [0.1, 0.15) is 18.0 Å². The van der Waals surface area contributed by atoms with Gasteiger partial charge in [-0.1, -0.05) is 15.9 Å². The van der Waals surface area contributed by atoms with E-state index >= 15 is 0 Å². The van der Waals surface area contributed by atoms with Gasteiger partial charge in [-0.25, -0.2) is 4.39 Å². The van der Waals surface area contributed by atoms with E-state index in [0.717, 1.165) is 0 Å². The Hall–Kier alpha value is -0.940. The Morgan fingerprint density at radius 2 is 2.33 bits per heavy atom. The molecule has 0 heterocycles. The van der Waals surface area contributed by atoms with Crippen molar-refractivity contribution in [3.05, 3.63) is 34.1 Å². The lowest BCUT2D eigenvalue weighted by molar-refractivity contribution is -0.141. The summed E-state index contributed by atoms with van der Waals surface area (Å²) in [5.74, 6) is -0.799. The number of methoxy groups -OCH3 is 1. The first-order chi connectivity index (χ1) is 7.04. The summed E-state index contributed by atoms with van der Waals surface area (Å²) in [5.41, 5.74) is 6.30. The number of rotatable bonds is 3. The van der Waals surface area contributed by atoms with E-state index in [4.69, 9.17) is 5.73 Å². The van der Waals surface area contributed by atoms with Crippen LogP contribution in [0, 0.1) is 5.82 Å². The Morgan fingerprint density at radius 3 is 2.93 bits per heavy atom. The first-order valence-corrected chi connectivity index (χ1v) is 5.11. The number of halogens is 2. The molecule has 0 spiro atoms. The van der Waals surface area contributed by atoms with Crippen LogP contribution in [0.2, 0.25) is 0 Å². The molecular formula is C10H11BrFNO2. The Bertz CT molecular complexity index is 370. The van der Waals surface area contributed by atoms with Gasteiger partial charge in [-0.05, 0) is 23.8 Å². The minimum absolute atomic E-state index is 0.0263. The van der Waals surface area contributed by atoms with Crippen LogP contribution >= 0.6 is 15.9 Å². The summed E-state index contributed by atoms with van der Waals surface area (Å²) in [6.07, 6.45) is 0.0263. The SMILES string of the molecule is COC(=O)C[C@@H](N)c1cc(F)ccc1Br. The molecule has 0 amide bonds. The van der Waals surface area contributed by atoms with Crippen LogP contribution < -0.4 is 5.73 Å². The molecule has 1 aromatic rings. The van der Waals surface area contributed by atoms with Crippen molar-refractivity contribution in [2.24, 2.45) is 5.73 Å². The van der Waals surface area contributed by atoms with Gasteiger partial charge >= 0.3 is 5.97 Å². The lowest BCUT2D eigenvalue weighted by Crippen LogP contribution is -2.17. The van der Waals surface area contributed by atoms with Gasteiger partial charge in [0.25, 0.3) is 0 Å². The summed E-state index contributed by atoms with van der Waals surface area (Å²) in [4.78, 5) is 11.0. The van der Waals surface area contributed by atoms with Crippen molar-refractivity contribution in [1.82, 2.24) is 0 Å². The molecule has 5 heteroatoms. The molecule has 15 heavy (non-hydrogen) atoms. The maximum absolute atomic E-state index is 12.9. The van der Waals surface area contributed by atoms with Gasteiger partial charge in [0.05, 0.1) is 13.5 Å². The van der Waals surface area contributed by atoms with Gasteiger partial charge in [0.2, 0.25) is 0 Å². The highest BCUT2D eigenvalue weighted by Gasteiger charge is 2.15. The fourth-order valence-corrected chi connectivity index (χ4v) is 1.71. The summed E-state index contributed by atoms with van der Waals surface area (Å²) in [7, 11) is 1.29. The standard InChI is InChI=1S/C10H11BrFNO2/c1-15-10(14)5-9(13)7-4-6(12)2-3-8(7)11/h2-4,9H,5,13H2,1H3/t9-/m1/s1. The minimum Gasteiger partial charge on any atom is -0.469 e. The molecule has 0 bridgehead atoms. The fourth-order valence-electron chi connectivity index (χ4n) is 1.17. The van der Waals surface area contributed by atoms with E-state index in [1.54, 1.807) is 6.07 Å². The Kier molecular flexibility index (Phi) is 4.23. The molecule has 0 saturated carbocycles. The maximum atomic E-state index is 12.9. The molecule has 0 aromatic heterocycles. The number of nitrogens with two attached hydrogens (primary N) is 1. The summed E-state index contributed by atoms with van der Waals surface area (Å²) in [6, 6.07) is 3.61. The normalized spacial score (nSPS) is 12.3. The van der Waals surface area contributed by atoms with E-state index in [1.807, 2.05) is 0 Å². The zero-order valence-corrected chi connectivity index (χ0v) is 9.75. The van der Waals surface area contributed by atoms with Gasteiger partial charge in [-0.3, -0.25) is 4.79 Å². The molecule has 3 nitrogen and oxygen atoms in total. The molecule has 0 unspecified atom stereocenters. The molecule has 1 atom stereocenters. The zero-order chi connectivity index (χ0) is 11.4. The van der Waals surface area contributed by atoms with Crippen LogP contribution in [0.3, 0.4) is 0 Å². The van der Waals surface area contributed by atoms with Crippen molar-refractivity contribution in [2.45, 2.75) is 12.5 Å². The summed E-state index contributed by atoms with van der Waals surface area (Å²) in [6.45, 7) is 0. The molecule has 0 aliphatic heterocycles. The average Bonchev–Trinajstić information content (AvgIpc) is 2.21. The highest BCUT2D eigenvalue weighted by atomic mass is 79.9. The second-order valence-corrected chi connectivity index (χ2v) is 3.91. The second kappa shape index (κ2) is 5.23. The van der Waals surface area contributed by atoms with Gasteiger partial charge < -0.3 is 10.5 Å². The number of carbonyl (C=O) groups is 1. The lowest BCUT2D eigenvalue weighted by Gasteiger charge is -2.12. The third-order valence-corrected chi connectivity index (χ3v) is 2.69. The monoisotopic (exact) mass is 275 g/mol. The molecule has 1 rings (SSSR count). The number of ether oxygens (including phenoxy) is 1. The second-order valence-electron chi connectivity index (χ2n) is 3.05. The fraction of sp³-hybridized carbons (Fsp3) is 0.300. The van der Waals surface area contributed by atoms with Gasteiger partial charge in [-0.2, -0.15) is 0 Å². The molecule has 1 aromatic carbocycles. The van der Waals surface area contributed by atoms with Gasteiger partial charge in [0.15, 0.2) is 0 Å². The molecular weight excluding hydrogens is 265 g/mol. The van der Waals surface area contributed by atoms with E-state index in [0.29, 0.717) is 10.0 Å². The van der Waals surface area contributed by atoms with Crippen molar-refractivity contribution in [3.8, 4) is 0 Å². The van der Waals surface area contributed by atoms with Crippen LogP contribution in [0.25, 0.3) is 0 Å². The van der Waals surface area contributed by atoms with Crippen molar-refractivity contribution >= 4 is 21.9 Å². The summed E-state index contributed by atoms with van der Waals surface area (Å²) in [5, 5.41) is 0. The molecule has 0 saturated heterocycles. The molecule has 0 aliphatic carbocycles. The molecule has 0 aliphatic rings. The van der Waals surface area contributed by atoms with Crippen molar-refractivity contribution < 1.29 is 13.9 Å². The minimum atomic E-state index is -0.567. The summed E-state index contributed by atoms with van der Waals surface area (Å²) >= 11 is 3.24. The van der Waals surface area contributed by atoms with E-state index in [-0.39, 0.29) is 12.2 Å². The van der Waals surface area contributed by atoms with E-state index < -0.39 is 12.0 Å². The molecule has 0 radical (unpaired) electrons. The highest BCUT2D eigenvalue weighted by molar-refractivity contribution is 9.10. The average molecular weight is 276 g/mol. The van der Waals surface area contributed by atoms with Crippen molar-refractivity contribution in [3.63, 3.8) is 0 Å². The van der Waals surface area contributed by atoms with E-state index in [9.17, 15) is 9.18 Å². The Balaban J connectivity index is 2.85. The quantitative estimate of drug-likeness (QED) is 0.860. The van der Waals surface area contributed by atoms with Crippen molar-refractivity contribution in [2.75, 3.05) is 7.11 Å². The molecule has 2 N–H and O–H groups in total. The highest BCUT2D eigenvalue weighted by Crippen LogP contribution is 2.25. The van der Waals surface area contributed by atoms with Crippen LogP contribution in [-0.2, 0) is 9.53 Å². The number of benzene rings is 1. The van der Waals surface area contributed by atoms with Crippen LogP contribution in [0.5, 0.6) is 0 Å². The predicted molar refractivity (Wildman–Crippen MR) is 57.7 cm³/mol. The zero-order valence-electron chi connectivity index (χ0n) is 8.17. The number of carbonyl (C=O) groups excluding carboxylic acids is 1. The van der Waals surface area contributed by atoms with Crippen LogP contribution in [0.15, 0.2) is 22.7 Å². The maximum Gasteiger partial charge on any atom is 0.307 e. The van der Waals surface area contributed by atoms with Crippen LogP contribution in [0.4, 0.5) is 4.39 Å². The Morgan fingerprint density at radius 1 is 1.67 bits per heavy atom.